The molecule has 2 aromatic rings. The van der Waals surface area contributed by atoms with Crippen LogP contribution >= 0.6 is 38.5 Å². The predicted octanol–water partition coefficient (Wildman–Crippen LogP) is 3.63. The number of rotatable bonds is 5. The van der Waals surface area contributed by atoms with Gasteiger partial charge in [-0.2, -0.15) is 5.10 Å². The summed E-state index contributed by atoms with van der Waals surface area (Å²) >= 11 is 6.04. The highest BCUT2D eigenvalue weighted by molar-refractivity contribution is 14.1. The fourth-order valence-corrected chi connectivity index (χ4v) is 3.64. The first-order chi connectivity index (χ1) is 9.99. The van der Waals surface area contributed by atoms with Gasteiger partial charge in [-0.25, -0.2) is 0 Å². The molecule has 0 amide bonds. The Morgan fingerprint density at radius 3 is 2.76 bits per heavy atom. The Morgan fingerprint density at radius 1 is 1.43 bits per heavy atom. The third-order valence-corrected chi connectivity index (χ3v) is 6.15. The molecule has 0 spiro atoms. The summed E-state index contributed by atoms with van der Waals surface area (Å²) in [5, 5.41) is 4.55. The van der Waals surface area contributed by atoms with Crippen molar-refractivity contribution in [1.82, 2.24) is 15.2 Å². The van der Waals surface area contributed by atoms with Gasteiger partial charge >= 0.3 is 0 Å². The Balaban J connectivity index is 2.38. The van der Waals surface area contributed by atoms with E-state index >= 15 is 0 Å². The number of nitrogens with two attached hydrogens (primary N) is 1. The lowest BCUT2D eigenvalue weighted by Crippen LogP contribution is -2.31. The third-order valence-electron chi connectivity index (χ3n) is 3.65. The van der Waals surface area contributed by atoms with E-state index in [-0.39, 0.29) is 6.04 Å². The van der Waals surface area contributed by atoms with Crippen LogP contribution in [-0.4, -0.2) is 9.78 Å². The molecule has 1 unspecified atom stereocenters. The fourth-order valence-electron chi connectivity index (χ4n) is 2.46. The van der Waals surface area contributed by atoms with Crippen LogP contribution in [0.25, 0.3) is 0 Å². The van der Waals surface area contributed by atoms with Crippen molar-refractivity contribution in [1.29, 1.82) is 0 Å². The molecule has 3 N–H and O–H groups in total. The van der Waals surface area contributed by atoms with Crippen LogP contribution in [0.2, 0.25) is 0 Å². The maximum Gasteiger partial charge on any atom is 0.0738 e. The van der Waals surface area contributed by atoms with Crippen molar-refractivity contribution in [2.45, 2.75) is 39.8 Å². The molecule has 0 saturated heterocycles. The zero-order valence-corrected chi connectivity index (χ0v) is 16.2. The molecule has 0 saturated carbocycles. The summed E-state index contributed by atoms with van der Waals surface area (Å²) in [6.07, 6.45) is 0.797. The first-order valence-corrected chi connectivity index (χ1v) is 8.79. The second-order valence-electron chi connectivity index (χ2n) is 5.06. The molecule has 0 aliphatic rings. The van der Waals surface area contributed by atoms with Crippen LogP contribution in [0.15, 0.2) is 22.7 Å². The molecule has 1 aromatic heterocycles. The maximum atomic E-state index is 5.82. The van der Waals surface area contributed by atoms with Crippen LogP contribution in [0.5, 0.6) is 0 Å². The van der Waals surface area contributed by atoms with Gasteiger partial charge < -0.3 is 0 Å². The van der Waals surface area contributed by atoms with Crippen LogP contribution in [0.1, 0.15) is 35.5 Å². The van der Waals surface area contributed by atoms with E-state index in [2.05, 4.69) is 81.1 Å². The Bertz CT molecular complexity index is 639. The molecule has 1 aromatic carbocycles. The average Bonchev–Trinajstić information content (AvgIpc) is 2.75. The van der Waals surface area contributed by atoms with E-state index in [0.717, 1.165) is 23.1 Å². The van der Waals surface area contributed by atoms with E-state index in [1.54, 1.807) is 0 Å². The largest absolute Gasteiger partial charge is 0.271 e. The van der Waals surface area contributed by atoms with Crippen LogP contribution in [0, 0.1) is 17.4 Å². The number of nitrogens with zero attached hydrogens (tertiary/aromatic N) is 2. The summed E-state index contributed by atoms with van der Waals surface area (Å²) in [5.41, 5.74) is 7.65. The highest BCUT2D eigenvalue weighted by Crippen LogP contribution is 2.29. The van der Waals surface area contributed by atoms with Gasteiger partial charge in [0.1, 0.15) is 0 Å². The minimum atomic E-state index is 0.0644. The third kappa shape index (κ3) is 3.49. The van der Waals surface area contributed by atoms with Gasteiger partial charge in [0.05, 0.1) is 21.9 Å². The van der Waals surface area contributed by atoms with Crippen LogP contribution in [0.3, 0.4) is 0 Å². The van der Waals surface area contributed by atoms with Crippen LogP contribution in [-0.2, 0) is 13.0 Å². The average molecular weight is 463 g/mol. The smallest absolute Gasteiger partial charge is 0.0738 e. The first-order valence-electron chi connectivity index (χ1n) is 6.92. The van der Waals surface area contributed by atoms with Crippen molar-refractivity contribution in [3.05, 3.63) is 48.8 Å². The Labute approximate surface area is 147 Å². The molecule has 0 bridgehead atoms. The quantitative estimate of drug-likeness (QED) is 0.405. The minimum absolute atomic E-state index is 0.0644. The Kier molecular flexibility index (Phi) is 5.81. The lowest BCUT2D eigenvalue weighted by Gasteiger charge is -2.19. The summed E-state index contributed by atoms with van der Waals surface area (Å²) in [6.45, 7) is 7.09. The van der Waals surface area contributed by atoms with E-state index in [1.807, 2.05) is 11.6 Å². The van der Waals surface area contributed by atoms with Crippen LogP contribution < -0.4 is 11.3 Å². The normalized spacial score (nSPS) is 12.7. The van der Waals surface area contributed by atoms with E-state index in [0.29, 0.717) is 0 Å². The van der Waals surface area contributed by atoms with Crippen LogP contribution in [0.4, 0.5) is 0 Å². The van der Waals surface area contributed by atoms with Crippen molar-refractivity contribution < 1.29 is 0 Å². The molecular formula is C15H20BrIN4. The van der Waals surface area contributed by atoms with Gasteiger partial charge in [-0.15, -0.1) is 0 Å². The second kappa shape index (κ2) is 7.21. The number of hydrazine groups is 1. The predicted molar refractivity (Wildman–Crippen MR) is 98.0 cm³/mol. The molecule has 2 rings (SSSR count). The van der Waals surface area contributed by atoms with Gasteiger partial charge in [-0.1, -0.05) is 18.2 Å². The molecule has 6 heteroatoms. The lowest BCUT2D eigenvalue weighted by molar-refractivity contribution is 0.514. The summed E-state index contributed by atoms with van der Waals surface area (Å²) in [6, 6.07) is 6.39. The highest BCUT2D eigenvalue weighted by Gasteiger charge is 2.20. The van der Waals surface area contributed by atoms with E-state index in [4.69, 9.17) is 5.84 Å². The number of hydrogen-bond acceptors (Lipinski definition) is 3. The van der Waals surface area contributed by atoms with Crippen molar-refractivity contribution in [3.8, 4) is 0 Å². The summed E-state index contributed by atoms with van der Waals surface area (Å²) < 4.78 is 4.37. The SMILES string of the molecule is CCn1nc(C)c(Br)c1CC(NN)c1cccc(C)c1I. The molecule has 0 fully saturated rings. The van der Waals surface area contributed by atoms with Gasteiger partial charge in [0.2, 0.25) is 0 Å². The fraction of sp³-hybridized carbons (Fsp3) is 0.400. The van der Waals surface area contributed by atoms with E-state index in [1.165, 1.54) is 20.4 Å². The van der Waals surface area contributed by atoms with E-state index in [9.17, 15) is 0 Å². The van der Waals surface area contributed by atoms with Gasteiger partial charge in [0.15, 0.2) is 0 Å². The molecule has 0 aliphatic carbocycles. The summed E-state index contributed by atoms with van der Waals surface area (Å²) in [7, 11) is 0. The van der Waals surface area contributed by atoms with Gasteiger partial charge in [0, 0.05) is 16.5 Å². The molecule has 21 heavy (non-hydrogen) atoms. The molecular weight excluding hydrogens is 443 g/mol. The number of benzene rings is 1. The molecule has 0 aliphatic heterocycles. The zero-order chi connectivity index (χ0) is 15.6. The number of aromatic nitrogens is 2. The van der Waals surface area contributed by atoms with Crippen molar-refractivity contribution in [3.63, 3.8) is 0 Å². The highest BCUT2D eigenvalue weighted by atomic mass is 127. The first kappa shape index (κ1) is 16.9. The molecule has 4 nitrogen and oxygen atoms in total. The Hall–Kier alpha value is -0.440. The van der Waals surface area contributed by atoms with Crippen molar-refractivity contribution in [2.24, 2.45) is 5.84 Å². The molecule has 0 radical (unpaired) electrons. The topological polar surface area (TPSA) is 55.9 Å². The van der Waals surface area contributed by atoms with E-state index < -0.39 is 0 Å². The molecule has 1 heterocycles. The lowest BCUT2D eigenvalue weighted by atomic mass is 10.0. The van der Waals surface area contributed by atoms with Gasteiger partial charge in [-0.3, -0.25) is 16.0 Å². The Morgan fingerprint density at radius 2 is 2.14 bits per heavy atom. The number of halogens is 2. The molecule has 1 atom stereocenters. The monoisotopic (exact) mass is 462 g/mol. The number of aryl methyl sites for hydroxylation is 3. The van der Waals surface area contributed by atoms with Gasteiger partial charge in [-0.05, 0) is 70.4 Å². The molecule has 114 valence electrons. The maximum absolute atomic E-state index is 5.82. The second-order valence-corrected chi connectivity index (χ2v) is 6.94. The van der Waals surface area contributed by atoms with Crippen molar-refractivity contribution >= 4 is 38.5 Å². The standard InChI is InChI=1S/C15H20BrIN4/c1-4-21-13(14(16)10(3)20-21)8-12(19-18)11-7-5-6-9(2)15(11)17/h5-7,12,19H,4,8,18H2,1-3H3. The summed E-state index contributed by atoms with van der Waals surface area (Å²) in [4.78, 5) is 0. The summed E-state index contributed by atoms with van der Waals surface area (Å²) in [5.74, 6) is 5.82. The zero-order valence-electron chi connectivity index (χ0n) is 12.5. The minimum Gasteiger partial charge on any atom is -0.271 e. The van der Waals surface area contributed by atoms with Gasteiger partial charge in [0.25, 0.3) is 0 Å². The number of nitrogens with one attached hydrogen (secondary N) is 1. The van der Waals surface area contributed by atoms with Crippen molar-refractivity contribution in [2.75, 3.05) is 0 Å². The number of hydrogen-bond donors (Lipinski definition) is 2.